The first-order chi connectivity index (χ1) is 5.83. The molecule has 2 heteroatoms. The first-order valence-corrected chi connectivity index (χ1v) is 4.94. The average molecular weight is 166 g/mol. The second kappa shape index (κ2) is 3.19. The molecular weight excluding hydrogens is 148 g/mol. The first-order valence-electron chi connectivity index (χ1n) is 4.94. The highest BCUT2D eigenvalue weighted by atomic mass is 15.1. The molecule has 0 saturated heterocycles. The minimum absolute atomic E-state index is 0.750. The van der Waals surface area contributed by atoms with E-state index in [1.807, 2.05) is 0 Å². The smallest absolute Gasteiger partial charge is 0.0323 e. The van der Waals surface area contributed by atoms with Crippen LogP contribution in [0.1, 0.15) is 19.8 Å². The highest BCUT2D eigenvalue weighted by molar-refractivity contribution is 5.32. The van der Waals surface area contributed by atoms with Crippen LogP contribution in [0.5, 0.6) is 0 Å². The van der Waals surface area contributed by atoms with Crippen molar-refractivity contribution in [2.45, 2.75) is 25.8 Å². The number of hydrogen-bond acceptors (Lipinski definition) is 2. The van der Waals surface area contributed by atoms with Crippen molar-refractivity contribution in [3.8, 4) is 0 Å². The van der Waals surface area contributed by atoms with Gasteiger partial charge in [0.1, 0.15) is 0 Å². The Morgan fingerprint density at radius 3 is 3.08 bits per heavy atom. The zero-order chi connectivity index (χ0) is 8.55. The van der Waals surface area contributed by atoms with Crippen LogP contribution in [-0.2, 0) is 0 Å². The van der Waals surface area contributed by atoms with Crippen LogP contribution in [0.25, 0.3) is 0 Å². The molecule has 68 valence electrons. The topological polar surface area (TPSA) is 15.3 Å². The minimum Gasteiger partial charge on any atom is -0.309 e. The monoisotopic (exact) mass is 166 g/mol. The van der Waals surface area contributed by atoms with E-state index in [0.29, 0.717) is 0 Å². The Morgan fingerprint density at radius 2 is 2.33 bits per heavy atom. The molecule has 1 aliphatic carbocycles. The van der Waals surface area contributed by atoms with Crippen molar-refractivity contribution in [1.29, 1.82) is 0 Å². The molecule has 0 unspecified atom stereocenters. The van der Waals surface area contributed by atoms with E-state index in [-0.39, 0.29) is 0 Å². The third kappa shape index (κ3) is 1.19. The molecule has 1 N–H and O–H groups in total. The number of hydrogen-bond donors (Lipinski definition) is 1. The Kier molecular flexibility index (Phi) is 2.20. The SMILES string of the molecule is CCN(C)[C@H]1CCC2=C1CNC2. The zero-order valence-corrected chi connectivity index (χ0v) is 8.06. The third-order valence-electron chi connectivity index (χ3n) is 3.26. The van der Waals surface area contributed by atoms with Crippen molar-refractivity contribution >= 4 is 0 Å². The van der Waals surface area contributed by atoms with Crippen LogP contribution >= 0.6 is 0 Å². The second-order valence-electron chi connectivity index (χ2n) is 3.86. The van der Waals surface area contributed by atoms with Gasteiger partial charge in [0.2, 0.25) is 0 Å². The molecule has 1 heterocycles. The molecular formula is C10H18N2. The maximum atomic E-state index is 3.43. The van der Waals surface area contributed by atoms with Gasteiger partial charge in [-0.1, -0.05) is 12.5 Å². The van der Waals surface area contributed by atoms with Gasteiger partial charge in [-0.05, 0) is 32.0 Å². The third-order valence-corrected chi connectivity index (χ3v) is 3.26. The largest absolute Gasteiger partial charge is 0.309 e. The van der Waals surface area contributed by atoms with E-state index < -0.39 is 0 Å². The summed E-state index contributed by atoms with van der Waals surface area (Å²) in [5, 5.41) is 3.43. The van der Waals surface area contributed by atoms with E-state index in [9.17, 15) is 0 Å². The second-order valence-corrected chi connectivity index (χ2v) is 3.86. The fourth-order valence-electron chi connectivity index (χ4n) is 2.38. The summed E-state index contributed by atoms with van der Waals surface area (Å²) in [7, 11) is 2.24. The van der Waals surface area contributed by atoms with Crippen molar-refractivity contribution in [1.82, 2.24) is 10.2 Å². The maximum absolute atomic E-state index is 3.43. The average Bonchev–Trinajstić information content (AvgIpc) is 2.62. The fraction of sp³-hybridized carbons (Fsp3) is 0.800. The van der Waals surface area contributed by atoms with E-state index in [4.69, 9.17) is 0 Å². The molecule has 2 rings (SSSR count). The molecule has 0 bridgehead atoms. The lowest BCUT2D eigenvalue weighted by atomic mass is 10.1. The lowest BCUT2D eigenvalue weighted by molar-refractivity contribution is 0.281. The predicted octanol–water partition coefficient (Wildman–Crippen LogP) is 1.00. The highest BCUT2D eigenvalue weighted by Crippen LogP contribution is 2.31. The van der Waals surface area contributed by atoms with Crippen molar-refractivity contribution in [2.24, 2.45) is 0 Å². The van der Waals surface area contributed by atoms with E-state index in [1.165, 1.54) is 19.4 Å². The molecule has 1 atom stereocenters. The molecule has 0 fully saturated rings. The van der Waals surface area contributed by atoms with Gasteiger partial charge < -0.3 is 5.32 Å². The van der Waals surface area contributed by atoms with Crippen LogP contribution in [0, 0.1) is 0 Å². The van der Waals surface area contributed by atoms with Crippen molar-refractivity contribution in [3.05, 3.63) is 11.1 Å². The van der Waals surface area contributed by atoms with Crippen LogP contribution in [0.15, 0.2) is 11.1 Å². The Morgan fingerprint density at radius 1 is 1.50 bits per heavy atom. The van der Waals surface area contributed by atoms with Gasteiger partial charge in [-0.3, -0.25) is 4.90 Å². The van der Waals surface area contributed by atoms with Crippen molar-refractivity contribution in [3.63, 3.8) is 0 Å². The molecule has 0 radical (unpaired) electrons. The van der Waals surface area contributed by atoms with Gasteiger partial charge in [0.15, 0.2) is 0 Å². The molecule has 0 aromatic rings. The summed E-state index contributed by atoms with van der Waals surface area (Å²) in [4.78, 5) is 2.47. The van der Waals surface area contributed by atoms with Gasteiger partial charge in [0, 0.05) is 19.1 Å². The molecule has 2 nitrogen and oxygen atoms in total. The van der Waals surface area contributed by atoms with E-state index in [0.717, 1.165) is 19.1 Å². The minimum atomic E-state index is 0.750. The molecule has 0 aromatic carbocycles. The van der Waals surface area contributed by atoms with Crippen LogP contribution in [0.2, 0.25) is 0 Å². The summed E-state index contributed by atoms with van der Waals surface area (Å²) < 4.78 is 0. The summed E-state index contributed by atoms with van der Waals surface area (Å²) in [6.07, 6.45) is 2.69. The predicted molar refractivity (Wildman–Crippen MR) is 51.2 cm³/mol. The van der Waals surface area contributed by atoms with Crippen LogP contribution < -0.4 is 5.32 Å². The zero-order valence-electron chi connectivity index (χ0n) is 8.06. The van der Waals surface area contributed by atoms with Gasteiger partial charge in [0.25, 0.3) is 0 Å². The Labute approximate surface area is 74.6 Å². The lowest BCUT2D eigenvalue weighted by Gasteiger charge is -2.24. The van der Waals surface area contributed by atoms with Crippen molar-refractivity contribution < 1.29 is 0 Å². The quantitative estimate of drug-likeness (QED) is 0.616. The highest BCUT2D eigenvalue weighted by Gasteiger charge is 2.29. The van der Waals surface area contributed by atoms with Crippen LogP contribution in [-0.4, -0.2) is 37.6 Å². The molecule has 0 aromatic heterocycles. The van der Waals surface area contributed by atoms with Gasteiger partial charge in [0.05, 0.1) is 0 Å². The lowest BCUT2D eigenvalue weighted by Crippen LogP contribution is -2.33. The molecule has 2 aliphatic rings. The van der Waals surface area contributed by atoms with Crippen LogP contribution in [0.4, 0.5) is 0 Å². The Hall–Kier alpha value is -0.340. The van der Waals surface area contributed by atoms with Gasteiger partial charge in [-0.25, -0.2) is 0 Å². The Bertz CT molecular complexity index is 208. The number of nitrogens with one attached hydrogen (secondary N) is 1. The molecule has 0 saturated carbocycles. The van der Waals surface area contributed by atoms with Gasteiger partial charge in [-0.2, -0.15) is 0 Å². The first kappa shape index (κ1) is 8.27. The summed E-state index contributed by atoms with van der Waals surface area (Å²) in [6.45, 7) is 5.70. The number of rotatable bonds is 2. The van der Waals surface area contributed by atoms with E-state index in [1.54, 1.807) is 11.1 Å². The standard InChI is InChI=1S/C10H18N2/c1-3-12(2)10-5-4-8-6-11-7-9(8)10/h10-11H,3-7H2,1-2H3/t10-/m0/s1. The summed E-state index contributed by atoms with van der Waals surface area (Å²) >= 11 is 0. The number of likely N-dealkylation sites (N-methyl/N-ethyl adjacent to an activating group) is 1. The summed E-state index contributed by atoms with van der Waals surface area (Å²) in [6, 6.07) is 0.750. The molecule has 12 heavy (non-hydrogen) atoms. The fourth-order valence-corrected chi connectivity index (χ4v) is 2.38. The normalized spacial score (nSPS) is 28.8. The molecule has 1 aliphatic heterocycles. The molecule has 0 amide bonds. The van der Waals surface area contributed by atoms with Gasteiger partial charge >= 0.3 is 0 Å². The van der Waals surface area contributed by atoms with Crippen LogP contribution in [0.3, 0.4) is 0 Å². The summed E-state index contributed by atoms with van der Waals surface area (Å²) in [5.41, 5.74) is 3.39. The number of nitrogens with zero attached hydrogens (tertiary/aromatic N) is 1. The summed E-state index contributed by atoms with van der Waals surface area (Å²) in [5.74, 6) is 0. The van der Waals surface area contributed by atoms with Crippen molar-refractivity contribution in [2.75, 3.05) is 26.7 Å². The Balaban J connectivity index is 2.09. The van der Waals surface area contributed by atoms with Gasteiger partial charge in [-0.15, -0.1) is 0 Å². The van der Waals surface area contributed by atoms with E-state index >= 15 is 0 Å². The molecule has 0 spiro atoms. The van der Waals surface area contributed by atoms with E-state index in [2.05, 4.69) is 24.2 Å². The maximum Gasteiger partial charge on any atom is 0.0323 e.